The topological polar surface area (TPSA) is 29.1 Å². The highest BCUT2D eigenvalue weighted by Crippen LogP contribution is 2.27. The Bertz CT molecular complexity index is 613. The molecule has 98 valence electrons. The SMILES string of the molecule is CSc1ccccc1NC(=O)c1cccc(C)c1Br. The molecule has 1 N–H and O–H groups in total. The number of halogens is 1. The fourth-order valence-corrected chi connectivity index (χ4v) is 2.76. The molecule has 0 saturated carbocycles. The predicted molar refractivity (Wildman–Crippen MR) is 85.1 cm³/mol. The first-order chi connectivity index (χ1) is 9.13. The lowest BCUT2D eigenvalue weighted by atomic mass is 10.1. The number of rotatable bonds is 3. The molecule has 0 atom stereocenters. The van der Waals surface area contributed by atoms with Gasteiger partial charge in [-0.3, -0.25) is 4.79 Å². The van der Waals surface area contributed by atoms with Crippen molar-refractivity contribution in [2.24, 2.45) is 0 Å². The van der Waals surface area contributed by atoms with Gasteiger partial charge in [0.25, 0.3) is 5.91 Å². The molecule has 2 aromatic rings. The maximum absolute atomic E-state index is 12.3. The second-order valence-corrected chi connectivity index (χ2v) is 5.73. The van der Waals surface area contributed by atoms with Gasteiger partial charge in [0.1, 0.15) is 0 Å². The Balaban J connectivity index is 2.28. The van der Waals surface area contributed by atoms with Gasteiger partial charge in [-0.15, -0.1) is 11.8 Å². The molecule has 19 heavy (non-hydrogen) atoms. The molecule has 0 radical (unpaired) electrons. The third-order valence-corrected chi connectivity index (χ3v) is 4.64. The van der Waals surface area contributed by atoms with Crippen LogP contribution in [-0.4, -0.2) is 12.2 Å². The summed E-state index contributed by atoms with van der Waals surface area (Å²) < 4.78 is 0.842. The Kier molecular flexibility index (Phi) is 4.66. The molecule has 2 rings (SSSR count). The fraction of sp³-hybridized carbons (Fsp3) is 0.133. The van der Waals surface area contributed by atoms with Gasteiger partial charge in [-0.2, -0.15) is 0 Å². The summed E-state index contributed by atoms with van der Waals surface area (Å²) in [6, 6.07) is 13.4. The quantitative estimate of drug-likeness (QED) is 0.821. The molecule has 0 saturated heterocycles. The first-order valence-electron chi connectivity index (χ1n) is 5.83. The average molecular weight is 336 g/mol. The zero-order valence-corrected chi connectivity index (χ0v) is 13.1. The van der Waals surface area contributed by atoms with Crippen molar-refractivity contribution in [3.8, 4) is 0 Å². The molecule has 0 aliphatic rings. The van der Waals surface area contributed by atoms with Crippen LogP contribution in [0.1, 0.15) is 15.9 Å². The number of aryl methyl sites for hydroxylation is 1. The second-order valence-electron chi connectivity index (χ2n) is 4.09. The molecule has 0 aromatic heterocycles. The first kappa shape index (κ1) is 14.2. The summed E-state index contributed by atoms with van der Waals surface area (Å²) in [6.07, 6.45) is 1.99. The van der Waals surface area contributed by atoms with Crippen molar-refractivity contribution in [3.63, 3.8) is 0 Å². The van der Waals surface area contributed by atoms with Crippen LogP contribution < -0.4 is 5.32 Å². The third-order valence-electron chi connectivity index (χ3n) is 2.79. The molecule has 2 nitrogen and oxygen atoms in total. The van der Waals surface area contributed by atoms with Crippen molar-refractivity contribution in [3.05, 3.63) is 58.1 Å². The van der Waals surface area contributed by atoms with Crippen LogP contribution in [0.4, 0.5) is 5.69 Å². The molecule has 0 heterocycles. The van der Waals surface area contributed by atoms with Gasteiger partial charge < -0.3 is 5.32 Å². The van der Waals surface area contributed by atoms with E-state index >= 15 is 0 Å². The fourth-order valence-electron chi connectivity index (χ4n) is 1.76. The summed E-state index contributed by atoms with van der Waals surface area (Å²) in [6.45, 7) is 1.97. The smallest absolute Gasteiger partial charge is 0.256 e. The number of thioether (sulfide) groups is 1. The summed E-state index contributed by atoms with van der Waals surface area (Å²) in [5.74, 6) is -0.0999. The highest BCUT2D eigenvalue weighted by atomic mass is 79.9. The average Bonchev–Trinajstić information content (AvgIpc) is 2.42. The number of benzene rings is 2. The first-order valence-corrected chi connectivity index (χ1v) is 7.84. The number of anilines is 1. The Morgan fingerprint density at radius 3 is 2.63 bits per heavy atom. The van der Waals surface area contributed by atoms with E-state index in [9.17, 15) is 4.79 Å². The number of nitrogens with one attached hydrogen (secondary N) is 1. The second kappa shape index (κ2) is 6.26. The molecular formula is C15H14BrNOS. The van der Waals surface area contributed by atoms with Crippen molar-refractivity contribution < 1.29 is 4.79 Å². The van der Waals surface area contributed by atoms with Crippen LogP contribution in [0.5, 0.6) is 0 Å². The van der Waals surface area contributed by atoms with Gasteiger partial charge in [0.2, 0.25) is 0 Å². The van der Waals surface area contributed by atoms with E-state index in [0.717, 1.165) is 20.6 Å². The normalized spacial score (nSPS) is 10.3. The summed E-state index contributed by atoms with van der Waals surface area (Å²) in [5, 5.41) is 2.96. The molecule has 0 spiro atoms. The number of para-hydroxylation sites is 1. The minimum absolute atomic E-state index is 0.0999. The molecule has 0 fully saturated rings. The van der Waals surface area contributed by atoms with E-state index in [2.05, 4.69) is 21.2 Å². The summed E-state index contributed by atoms with van der Waals surface area (Å²) >= 11 is 5.08. The van der Waals surface area contributed by atoms with Crippen molar-refractivity contribution in [1.29, 1.82) is 0 Å². The summed E-state index contributed by atoms with van der Waals surface area (Å²) in [5.41, 5.74) is 2.54. The zero-order valence-electron chi connectivity index (χ0n) is 10.7. The Hall–Kier alpha value is -1.26. The van der Waals surface area contributed by atoms with Crippen molar-refractivity contribution in [2.75, 3.05) is 11.6 Å². The molecule has 0 unspecified atom stereocenters. The Morgan fingerprint density at radius 1 is 1.16 bits per heavy atom. The van der Waals surface area contributed by atoms with Crippen LogP contribution in [0.3, 0.4) is 0 Å². The van der Waals surface area contributed by atoms with Gasteiger partial charge in [0.05, 0.1) is 11.3 Å². The van der Waals surface area contributed by atoms with Crippen LogP contribution >= 0.6 is 27.7 Å². The van der Waals surface area contributed by atoms with Gasteiger partial charge in [-0.1, -0.05) is 24.3 Å². The standard InChI is InChI=1S/C15H14BrNOS/c1-10-6-5-7-11(14(10)16)15(18)17-12-8-3-4-9-13(12)19-2/h3-9H,1-2H3,(H,17,18). The lowest BCUT2D eigenvalue weighted by Gasteiger charge is -2.11. The lowest BCUT2D eigenvalue weighted by Crippen LogP contribution is -2.13. The summed E-state index contributed by atoms with van der Waals surface area (Å²) in [7, 11) is 0. The highest BCUT2D eigenvalue weighted by Gasteiger charge is 2.12. The zero-order chi connectivity index (χ0) is 13.8. The number of hydrogen-bond acceptors (Lipinski definition) is 2. The van der Waals surface area contributed by atoms with E-state index in [-0.39, 0.29) is 5.91 Å². The van der Waals surface area contributed by atoms with Gasteiger partial charge in [0, 0.05) is 9.37 Å². The number of carbonyl (C=O) groups is 1. The minimum atomic E-state index is -0.0999. The van der Waals surface area contributed by atoms with Gasteiger partial charge in [-0.05, 0) is 52.9 Å². The largest absolute Gasteiger partial charge is 0.321 e. The minimum Gasteiger partial charge on any atom is -0.321 e. The van der Waals surface area contributed by atoms with E-state index < -0.39 is 0 Å². The van der Waals surface area contributed by atoms with Crippen LogP contribution in [-0.2, 0) is 0 Å². The third kappa shape index (κ3) is 3.19. The maximum Gasteiger partial charge on any atom is 0.256 e. The Morgan fingerprint density at radius 2 is 1.89 bits per heavy atom. The number of amides is 1. The van der Waals surface area contributed by atoms with E-state index in [0.29, 0.717) is 5.56 Å². The Labute approximate surface area is 125 Å². The monoisotopic (exact) mass is 335 g/mol. The van der Waals surface area contributed by atoms with Crippen molar-refractivity contribution in [2.45, 2.75) is 11.8 Å². The maximum atomic E-state index is 12.3. The predicted octanol–water partition coefficient (Wildman–Crippen LogP) is 4.73. The van der Waals surface area contributed by atoms with Crippen LogP contribution in [0.15, 0.2) is 51.8 Å². The van der Waals surface area contributed by atoms with Gasteiger partial charge in [-0.25, -0.2) is 0 Å². The number of hydrogen-bond donors (Lipinski definition) is 1. The van der Waals surface area contributed by atoms with E-state index in [1.807, 2.05) is 55.6 Å². The van der Waals surface area contributed by atoms with Crippen molar-refractivity contribution >= 4 is 39.3 Å². The van der Waals surface area contributed by atoms with Crippen LogP contribution in [0.2, 0.25) is 0 Å². The van der Waals surface area contributed by atoms with Gasteiger partial charge >= 0.3 is 0 Å². The lowest BCUT2D eigenvalue weighted by molar-refractivity contribution is 0.102. The number of carbonyl (C=O) groups excluding carboxylic acids is 1. The van der Waals surface area contributed by atoms with Crippen LogP contribution in [0, 0.1) is 6.92 Å². The van der Waals surface area contributed by atoms with Crippen molar-refractivity contribution in [1.82, 2.24) is 0 Å². The molecule has 1 amide bonds. The van der Waals surface area contributed by atoms with E-state index in [4.69, 9.17) is 0 Å². The van der Waals surface area contributed by atoms with Gasteiger partial charge in [0.15, 0.2) is 0 Å². The molecule has 4 heteroatoms. The van der Waals surface area contributed by atoms with E-state index in [1.54, 1.807) is 11.8 Å². The molecule has 0 aliphatic carbocycles. The highest BCUT2D eigenvalue weighted by molar-refractivity contribution is 9.10. The molecule has 0 aliphatic heterocycles. The summed E-state index contributed by atoms with van der Waals surface area (Å²) in [4.78, 5) is 13.4. The molecule has 0 bridgehead atoms. The molecular weight excluding hydrogens is 322 g/mol. The van der Waals surface area contributed by atoms with Crippen LogP contribution in [0.25, 0.3) is 0 Å². The molecule has 2 aromatic carbocycles. The van der Waals surface area contributed by atoms with E-state index in [1.165, 1.54) is 0 Å².